The first-order valence-corrected chi connectivity index (χ1v) is 10.0. The van der Waals surface area contributed by atoms with Crippen LogP contribution in [0.5, 0.6) is 0 Å². The number of thiophene rings is 1. The molecular weight excluding hydrogens is 364 g/mol. The molecule has 1 amide bonds. The van der Waals surface area contributed by atoms with Crippen LogP contribution in [0.15, 0.2) is 26.4 Å². The van der Waals surface area contributed by atoms with Gasteiger partial charge < -0.3 is 9.84 Å². The molecule has 126 valence electrons. The summed E-state index contributed by atoms with van der Waals surface area (Å²) < 4.78 is 5.95. The molecule has 0 aliphatic rings. The van der Waals surface area contributed by atoms with Crippen LogP contribution in [0, 0.1) is 13.8 Å². The number of thioether (sulfide) groups is 1. The highest BCUT2D eigenvalue weighted by Gasteiger charge is 2.13. The number of nitrogens with zero attached hydrogens (tertiary/aromatic N) is 3. The summed E-state index contributed by atoms with van der Waals surface area (Å²) in [7, 11) is 0. The molecule has 3 heterocycles. The van der Waals surface area contributed by atoms with Gasteiger partial charge in [-0.3, -0.25) is 4.79 Å². The van der Waals surface area contributed by atoms with Gasteiger partial charge in [-0.2, -0.15) is 0 Å². The van der Waals surface area contributed by atoms with Crippen molar-refractivity contribution in [2.24, 2.45) is 0 Å². The number of rotatable bonds is 7. The summed E-state index contributed by atoms with van der Waals surface area (Å²) in [6.07, 6.45) is 0.964. The second-order valence-corrected chi connectivity index (χ2v) is 8.32. The van der Waals surface area contributed by atoms with Crippen molar-refractivity contribution in [3.05, 3.63) is 39.4 Å². The van der Waals surface area contributed by atoms with Crippen LogP contribution in [0.25, 0.3) is 0 Å². The molecule has 0 aliphatic carbocycles. The molecule has 3 rings (SSSR count). The van der Waals surface area contributed by atoms with Crippen LogP contribution in [-0.4, -0.2) is 21.3 Å². The molecule has 0 aromatic carbocycles. The third kappa shape index (κ3) is 4.43. The molecule has 0 saturated heterocycles. The average Bonchev–Trinajstić information content (AvgIpc) is 3.27. The summed E-state index contributed by atoms with van der Waals surface area (Å²) >= 11 is 4.74. The topological polar surface area (TPSA) is 80.9 Å². The van der Waals surface area contributed by atoms with Crippen LogP contribution < -0.4 is 5.32 Å². The van der Waals surface area contributed by atoms with Gasteiger partial charge in [0.1, 0.15) is 5.76 Å². The van der Waals surface area contributed by atoms with Crippen molar-refractivity contribution in [2.75, 3.05) is 5.32 Å². The number of anilines is 1. The Hall–Kier alpha value is -1.71. The van der Waals surface area contributed by atoms with E-state index in [1.807, 2.05) is 19.9 Å². The van der Waals surface area contributed by atoms with Gasteiger partial charge in [0, 0.05) is 22.6 Å². The van der Waals surface area contributed by atoms with E-state index in [0.29, 0.717) is 18.0 Å². The van der Waals surface area contributed by atoms with Crippen LogP contribution in [0.1, 0.15) is 28.3 Å². The molecule has 0 bridgehead atoms. The van der Waals surface area contributed by atoms with Crippen molar-refractivity contribution in [2.45, 2.75) is 36.8 Å². The van der Waals surface area contributed by atoms with E-state index < -0.39 is 0 Å². The first-order chi connectivity index (χ1) is 11.6. The zero-order valence-corrected chi connectivity index (χ0v) is 15.7. The molecule has 9 heteroatoms. The zero-order chi connectivity index (χ0) is 16.9. The summed E-state index contributed by atoms with van der Waals surface area (Å²) in [4.78, 5) is 13.3. The van der Waals surface area contributed by atoms with E-state index in [9.17, 15) is 4.79 Å². The lowest BCUT2D eigenvalue weighted by Crippen LogP contribution is -2.12. The summed E-state index contributed by atoms with van der Waals surface area (Å²) in [5.74, 6) is 1.55. The highest BCUT2D eigenvalue weighted by molar-refractivity contribution is 8.00. The molecule has 0 spiro atoms. The number of hydrogen-bond acceptors (Lipinski definition) is 8. The Bertz CT molecular complexity index is 791. The number of nitrogens with one attached hydrogen (secondary N) is 1. The molecule has 3 aromatic heterocycles. The molecule has 0 saturated carbocycles. The predicted molar refractivity (Wildman–Crippen MR) is 96.7 cm³/mol. The summed E-state index contributed by atoms with van der Waals surface area (Å²) in [5, 5.41) is 17.4. The van der Waals surface area contributed by atoms with Crippen LogP contribution >= 0.6 is 34.4 Å². The van der Waals surface area contributed by atoms with Crippen molar-refractivity contribution < 1.29 is 9.32 Å². The highest BCUT2D eigenvalue weighted by atomic mass is 32.2. The van der Waals surface area contributed by atoms with Gasteiger partial charge in [0.05, 0.1) is 5.69 Å². The van der Waals surface area contributed by atoms with Gasteiger partial charge in [-0.1, -0.05) is 34.3 Å². The number of hydrogen-bond donors (Lipinski definition) is 1. The number of carbonyl (C=O) groups excluding carboxylic acids is 1. The summed E-state index contributed by atoms with van der Waals surface area (Å²) in [5.41, 5.74) is 1.83. The normalized spacial score (nSPS) is 10.9. The molecule has 0 atom stereocenters. The molecule has 0 unspecified atom stereocenters. The molecule has 0 radical (unpaired) electrons. The Kier molecular flexibility index (Phi) is 5.64. The van der Waals surface area contributed by atoms with E-state index in [2.05, 4.69) is 32.1 Å². The quantitative estimate of drug-likeness (QED) is 0.491. The van der Waals surface area contributed by atoms with Gasteiger partial charge in [0.15, 0.2) is 4.34 Å². The Morgan fingerprint density at radius 3 is 2.96 bits per heavy atom. The molecule has 24 heavy (non-hydrogen) atoms. The van der Waals surface area contributed by atoms with E-state index in [1.54, 1.807) is 23.1 Å². The molecule has 0 aliphatic heterocycles. The predicted octanol–water partition coefficient (Wildman–Crippen LogP) is 4.07. The summed E-state index contributed by atoms with van der Waals surface area (Å²) in [6.45, 7) is 3.74. The van der Waals surface area contributed by atoms with Crippen molar-refractivity contribution >= 4 is 45.5 Å². The summed E-state index contributed by atoms with van der Waals surface area (Å²) in [6, 6.07) is 4.13. The van der Waals surface area contributed by atoms with Crippen LogP contribution in [0.4, 0.5) is 5.13 Å². The number of amides is 1. The fraction of sp³-hybridized carbons (Fsp3) is 0.333. The Balaban J connectivity index is 1.48. The molecular formula is C15H16N4O2S3. The highest BCUT2D eigenvalue weighted by Crippen LogP contribution is 2.29. The van der Waals surface area contributed by atoms with Gasteiger partial charge >= 0.3 is 0 Å². The van der Waals surface area contributed by atoms with Gasteiger partial charge in [-0.05, 0) is 31.7 Å². The van der Waals surface area contributed by atoms with E-state index >= 15 is 0 Å². The SMILES string of the molecule is Cc1noc(C)c1CCC(=O)Nc1nnc(SCc2cccs2)s1. The fourth-order valence-corrected chi connectivity index (χ4v) is 4.67. The maximum Gasteiger partial charge on any atom is 0.226 e. The smallest absolute Gasteiger partial charge is 0.226 e. The standard InChI is InChI=1S/C15H16N4O2S3/c1-9-12(10(2)21-19-9)5-6-13(20)16-14-17-18-15(24-14)23-8-11-4-3-7-22-11/h3-4,7H,5-6,8H2,1-2H3,(H,16,17,20). The van der Waals surface area contributed by atoms with E-state index in [1.165, 1.54) is 16.2 Å². The molecule has 6 nitrogen and oxygen atoms in total. The molecule has 1 N–H and O–H groups in total. The Morgan fingerprint density at radius 2 is 2.25 bits per heavy atom. The van der Waals surface area contributed by atoms with Crippen molar-refractivity contribution in [3.8, 4) is 0 Å². The first-order valence-electron chi connectivity index (χ1n) is 7.32. The minimum Gasteiger partial charge on any atom is -0.361 e. The lowest BCUT2D eigenvalue weighted by Gasteiger charge is -2.01. The maximum atomic E-state index is 12.1. The van der Waals surface area contributed by atoms with Crippen LogP contribution in [0.3, 0.4) is 0 Å². The largest absolute Gasteiger partial charge is 0.361 e. The second-order valence-electron chi connectivity index (χ2n) is 5.09. The second kappa shape index (κ2) is 7.91. The van der Waals surface area contributed by atoms with Crippen molar-refractivity contribution in [1.29, 1.82) is 0 Å². The maximum absolute atomic E-state index is 12.1. The average molecular weight is 381 g/mol. The number of carbonyl (C=O) groups is 1. The minimum absolute atomic E-state index is 0.0824. The van der Waals surface area contributed by atoms with E-state index in [0.717, 1.165) is 27.1 Å². The Labute approximate surface area is 151 Å². The number of aromatic nitrogens is 3. The number of aryl methyl sites for hydroxylation is 2. The Morgan fingerprint density at radius 1 is 1.38 bits per heavy atom. The lowest BCUT2D eigenvalue weighted by atomic mass is 10.1. The monoisotopic (exact) mass is 380 g/mol. The lowest BCUT2D eigenvalue weighted by molar-refractivity contribution is -0.116. The van der Waals surface area contributed by atoms with Gasteiger partial charge in [0.25, 0.3) is 0 Å². The third-order valence-corrected chi connectivity index (χ3v) is 6.43. The first kappa shape index (κ1) is 17.1. The van der Waals surface area contributed by atoms with E-state index in [-0.39, 0.29) is 5.91 Å². The molecule has 0 fully saturated rings. The van der Waals surface area contributed by atoms with Gasteiger partial charge in [0.2, 0.25) is 11.0 Å². The van der Waals surface area contributed by atoms with Crippen molar-refractivity contribution in [3.63, 3.8) is 0 Å². The van der Waals surface area contributed by atoms with Crippen molar-refractivity contribution in [1.82, 2.24) is 15.4 Å². The molecule has 3 aromatic rings. The van der Waals surface area contributed by atoms with E-state index in [4.69, 9.17) is 4.52 Å². The van der Waals surface area contributed by atoms with Crippen LogP contribution in [-0.2, 0) is 17.0 Å². The fourth-order valence-electron chi connectivity index (χ4n) is 2.13. The van der Waals surface area contributed by atoms with Crippen LogP contribution in [0.2, 0.25) is 0 Å². The van der Waals surface area contributed by atoms with Gasteiger partial charge in [-0.15, -0.1) is 21.5 Å². The third-order valence-electron chi connectivity index (χ3n) is 3.35. The minimum atomic E-state index is -0.0824. The zero-order valence-electron chi connectivity index (χ0n) is 13.2. The van der Waals surface area contributed by atoms with Gasteiger partial charge in [-0.25, -0.2) is 0 Å².